The van der Waals surface area contributed by atoms with Crippen molar-refractivity contribution in [2.45, 2.75) is 78.3 Å². The van der Waals surface area contributed by atoms with Crippen LogP contribution in [0.3, 0.4) is 0 Å². The largest absolute Gasteiger partial charge is 0.340 e. The molecule has 2 atom stereocenters. The molecule has 6 heteroatoms. The van der Waals surface area contributed by atoms with Crippen LogP contribution >= 0.6 is 0 Å². The first-order valence-electron chi connectivity index (χ1n) is 10.4. The number of carbonyl (C=O) groups excluding carboxylic acids is 2. The Morgan fingerprint density at radius 2 is 2.00 bits per heavy atom. The van der Waals surface area contributed by atoms with E-state index in [0.29, 0.717) is 5.56 Å². The van der Waals surface area contributed by atoms with Crippen molar-refractivity contribution in [1.82, 2.24) is 15.1 Å². The van der Waals surface area contributed by atoms with Crippen molar-refractivity contribution in [2.24, 2.45) is 0 Å². The van der Waals surface area contributed by atoms with E-state index < -0.39 is 6.04 Å². The number of nitrogens with one attached hydrogen (secondary N) is 2. The SMILES string of the molecule is CCCC[C@@H]1c2c(C)nn(C(C)(C)C)c2NC(=O)[C@H]1NC(=O)c1cccc(C)c1. The van der Waals surface area contributed by atoms with Crippen LogP contribution in [0.25, 0.3) is 0 Å². The number of hydrogen-bond donors (Lipinski definition) is 2. The molecule has 2 heterocycles. The lowest BCUT2D eigenvalue weighted by molar-refractivity contribution is -0.119. The standard InChI is InChI=1S/C23H32N4O2/c1-7-8-12-17-18-15(3)26-27(23(4,5)6)20(18)25-22(29)19(17)24-21(28)16-11-9-10-14(2)13-16/h9-11,13,17,19H,7-8,12H2,1-6H3,(H,24,28)(H,25,29)/t17-,19+/m1/s1. The monoisotopic (exact) mass is 396 g/mol. The summed E-state index contributed by atoms with van der Waals surface area (Å²) >= 11 is 0. The minimum atomic E-state index is -0.613. The molecule has 0 fully saturated rings. The summed E-state index contributed by atoms with van der Waals surface area (Å²) < 4.78 is 1.90. The molecule has 0 spiro atoms. The molecule has 6 nitrogen and oxygen atoms in total. The predicted molar refractivity (Wildman–Crippen MR) is 115 cm³/mol. The van der Waals surface area contributed by atoms with E-state index >= 15 is 0 Å². The normalized spacial score (nSPS) is 18.9. The van der Waals surface area contributed by atoms with Crippen molar-refractivity contribution >= 4 is 17.6 Å². The Morgan fingerprint density at radius 1 is 1.28 bits per heavy atom. The van der Waals surface area contributed by atoms with E-state index in [1.807, 2.05) is 36.7 Å². The first-order chi connectivity index (χ1) is 13.6. The third-order valence-electron chi connectivity index (χ3n) is 5.47. The van der Waals surface area contributed by atoms with Crippen molar-refractivity contribution in [3.8, 4) is 0 Å². The van der Waals surface area contributed by atoms with Crippen molar-refractivity contribution in [1.29, 1.82) is 0 Å². The van der Waals surface area contributed by atoms with Crippen LogP contribution in [0.2, 0.25) is 0 Å². The fraction of sp³-hybridized carbons (Fsp3) is 0.522. The molecule has 29 heavy (non-hydrogen) atoms. The van der Waals surface area contributed by atoms with Gasteiger partial charge in [0.15, 0.2) is 0 Å². The minimum Gasteiger partial charge on any atom is -0.340 e. The fourth-order valence-corrected chi connectivity index (χ4v) is 4.04. The van der Waals surface area contributed by atoms with Crippen molar-refractivity contribution < 1.29 is 9.59 Å². The number of aryl methyl sites for hydroxylation is 2. The maximum absolute atomic E-state index is 13.1. The highest BCUT2D eigenvalue weighted by Gasteiger charge is 2.41. The molecular weight excluding hydrogens is 364 g/mol. The van der Waals surface area contributed by atoms with E-state index in [1.165, 1.54) is 0 Å². The van der Waals surface area contributed by atoms with Gasteiger partial charge in [-0.25, -0.2) is 4.68 Å². The number of hydrogen-bond acceptors (Lipinski definition) is 3. The van der Waals surface area contributed by atoms with Gasteiger partial charge < -0.3 is 10.6 Å². The summed E-state index contributed by atoms with van der Waals surface area (Å²) in [5, 5.41) is 10.8. The third-order valence-corrected chi connectivity index (χ3v) is 5.47. The fourth-order valence-electron chi connectivity index (χ4n) is 4.04. The second kappa shape index (κ2) is 8.01. The maximum atomic E-state index is 13.1. The van der Waals surface area contributed by atoms with Crippen LogP contribution in [0.4, 0.5) is 5.82 Å². The van der Waals surface area contributed by atoms with E-state index in [1.54, 1.807) is 6.07 Å². The highest BCUT2D eigenvalue weighted by molar-refractivity contribution is 6.03. The Kier molecular flexibility index (Phi) is 5.82. The van der Waals surface area contributed by atoms with Gasteiger partial charge in [0.1, 0.15) is 11.9 Å². The van der Waals surface area contributed by atoms with Crippen molar-refractivity contribution in [3.63, 3.8) is 0 Å². The minimum absolute atomic E-state index is 0.0939. The Balaban J connectivity index is 1.98. The van der Waals surface area contributed by atoms with Gasteiger partial charge in [-0.2, -0.15) is 5.10 Å². The molecule has 1 aromatic heterocycles. The van der Waals surface area contributed by atoms with Gasteiger partial charge in [0.05, 0.1) is 11.2 Å². The highest BCUT2D eigenvalue weighted by atomic mass is 16.2. The van der Waals surface area contributed by atoms with Gasteiger partial charge in [-0.3, -0.25) is 9.59 Å². The molecule has 2 N–H and O–H groups in total. The Morgan fingerprint density at radius 3 is 2.62 bits per heavy atom. The van der Waals surface area contributed by atoms with Gasteiger partial charge in [-0.15, -0.1) is 0 Å². The lowest BCUT2D eigenvalue weighted by Crippen LogP contribution is -2.50. The first-order valence-corrected chi connectivity index (χ1v) is 10.4. The molecule has 0 unspecified atom stereocenters. The summed E-state index contributed by atoms with van der Waals surface area (Å²) in [7, 11) is 0. The molecule has 156 valence electrons. The van der Waals surface area contributed by atoms with Gasteiger partial charge in [0.25, 0.3) is 5.91 Å². The average molecular weight is 397 g/mol. The predicted octanol–water partition coefficient (Wildman–Crippen LogP) is 4.28. The number of unbranched alkanes of at least 4 members (excludes halogenated alkanes) is 1. The molecule has 1 aliphatic rings. The topological polar surface area (TPSA) is 76.0 Å². The van der Waals surface area contributed by atoms with Crippen LogP contribution in [-0.4, -0.2) is 27.6 Å². The van der Waals surface area contributed by atoms with Crippen molar-refractivity contribution in [3.05, 3.63) is 46.6 Å². The van der Waals surface area contributed by atoms with Gasteiger partial charge in [0.2, 0.25) is 5.91 Å². The lowest BCUT2D eigenvalue weighted by atomic mass is 9.83. The maximum Gasteiger partial charge on any atom is 0.251 e. The number of rotatable bonds is 5. The van der Waals surface area contributed by atoms with E-state index in [4.69, 9.17) is 5.10 Å². The molecule has 1 aromatic carbocycles. The number of aromatic nitrogens is 2. The summed E-state index contributed by atoms with van der Waals surface area (Å²) in [6.45, 7) is 12.3. The molecule has 3 rings (SSSR count). The Labute approximate surface area is 173 Å². The smallest absolute Gasteiger partial charge is 0.251 e. The number of nitrogens with zero attached hydrogens (tertiary/aromatic N) is 2. The second-order valence-corrected chi connectivity index (χ2v) is 8.99. The van der Waals surface area contributed by atoms with E-state index in [0.717, 1.165) is 41.9 Å². The van der Waals surface area contributed by atoms with Crippen LogP contribution < -0.4 is 10.6 Å². The Hall–Kier alpha value is -2.63. The molecular formula is C23H32N4O2. The third kappa shape index (κ3) is 4.21. The number of benzene rings is 1. The second-order valence-electron chi connectivity index (χ2n) is 8.99. The number of anilines is 1. The van der Waals surface area contributed by atoms with E-state index in [9.17, 15) is 9.59 Å². The highest BCUT2D eigenvalue weighted by Crippen LogP contribution is 2.40. The van der Waals surface area contributed by atoms with Gasteiger partial charge >= 0.3 is 0 Å². The molecule has 0 aliphatic carbocycles. The summed E-state index contributed by atoms with van der Waals surface area (Å²) in [6, 6.07) is 6.81. The quantitative estimate of drug-likeness (QED) is 0.792. The van der Waals surface area contributed by atoms with Gasteiger partial charge in [-0.05, 0) is 53.2 Å². The summed E-state index contributed by atoms with van der Waals surface area (Å²) in [6.07, 6.45) is 2.83. The zero-order valence-electron chi connectivity index (χ0n) is 18.3. The van der Waals surface area contributed by atoms with Gasteiger partial charge in [0, 0.05) is 17.0 Å². The zero-order chi connectivity index (χ0) is 21.3. The molecule has 0 radical (unpaired) electrons. The van der Waals surface area contributed by atoms with E-state index in [-0.39, 0.29) is 23.3 Å². The summed E-state index contributed by atoms with van der Waals surface area (Å²) in [4.78, 5) is 26.0. The number of carbonyl (C=O) groups is 2. The van der Waals surface area contributed by atoms with E-state index in [2.05, 4.69) is 38.3 Å². The average Bonchev–Trinajstić information content (AvgIpc) is 2.98. The number of amides is 2. The molecule has 2 aromatic rings. The Bertz CT molecular complexity index is 923. The van der Waals surface area contributed by atoms with Crippen LogP contribution in [0.1, 0.15) is 80.1 Å². The van der Waals surface area contributed by atoms with Crippen LogP contribution in [-0.2, 0) is 10.3 Å². The molecule has 0 bridgehead atoms. The summed E-state index contributed by atoms with van der Waals surface area (Å²) in [5.41, 5.74) is 3.28. The van der Waals surface area contributed by atoms with Crippen LogP contribution in [0.5, 0.6) is 0 Å². The van der Waals surface area contributed by atoms with Crippen LogP contribution in [0.15, 0.2) is 24.3 Å². The van der Waals surface area contributed by atoms with Crippen molar-refractivity contribution in [2.75, 3.05) is 5.32 Å². The van der Waals surface area contributed by atoms with Crippen LogP contribution in [0, 0.1) is 13.8 Å². The molecule has 1 aliphatic heterocycles. The molecule has 2 amide bonds. The molecule has 0 saturated carbocycles. The van der Waals surface area contributed by atoms with Gasteiger partial charge in [-0.1, -0.05) is 37.5 Å². The first kappa shape index (κ1) is 21.1. The summed E-state index contributed by atoms with van der Waals surface area (Å²) in [5.74, 6) is 0.274. The zero-order valence-corrected chi connectivity index (χ0v) is 18.3. The number of fused-ring (bicyclic) bond motifs is 1. The molecule has 0 saturated heterocycles. The lowest BCUT2D eigenvalue weighted by Gasteiger charge is -2.34.